The fraction of sp³-hybridized carbons (Fsp3) is 0.267. The summed E-state index contributed by atoms with van der Waals surface area (Å²) >= 11 is 0. The minimum absolute atomic E-state index is 0.225. The molecule has 1 aromatic carbocycles. The van der Waals surface area contributed by atoms with Gasteiger partial charge in [0, 0.05) is 11.3 Å². The van der Waals surface area contributed by atoms with Crippen LogP contribution in [0, 0.1) is 39.0 Å². The lowest BCUT2D eigenvalue weighted by atomic mass is 9.98. The molecule has 0 atom stereocenters. The van der Waals surface area contributed by atoms with E-state index in [4.69, 9.17) is 5.26 Å². The van der Waals surface area contributed by atoms with Crippen LogP contribution in [-0.4, -0.2) is 9.97 Å². The van der Waals surface area contributed by atoms with Crippen LogP contribution in [0.25, 0.3) is 11.3 Å². The first-order valence-corrected chi connectivity index (χ1v) is 5.85. The number of hydrogen-bond donors (Lipinski definition) is 0. The van der Waals surface area contributed by atoms with E-state index in [1.165, 1.54) is 16.7 Å². The second-order valence-corrected chi connectivity index (χ2v) is 4.58. The quantitative estimate of drug-likeness (QED) is 0.765. The van der Waals surface area contributed by atoms with Crippen molar-refractivity contribution in [3.8, 4) is 17.3 Å². The second kappa shape index (κ2) is 4.58. The highest BCUT2D eigenvalue weighted by Gasteiger charge is 2.08. The summed E-state index contributed by atoms with van der Waals surface area (Å²) in [5.74, 6) is 0.225. The number of benzene rings is 1. The highest BCUT2D eigenvalue weighted by atomic mass is 14.9. The molecule has 0 radical (unpaired) electrons. The highest BCUT2D eigenvalue weighted by molar-refractivity contribution is 5.65. The third-order valence-corrected chi connectivity index (χ3v) is 3.07. The van der Waals surface area contributed by atoms with Gasteiger partial charge < -0.3 is 0 Å². The predicted octanol–water partition coefficient (Wildman–Crippen LogP) is 3.25. The fourth-order valence-corrected chi connectivity index (χ4v) is 1.99. The van der Waals surface area contributed by atoms with Gasteiger partial charge in [0.25, 0.3) is 0 Å². The van der Waals surface area contributed by atoms with Gasteiger partial charge in [-0.05, 0) is 56.5 Å². The van der Waals surface area contributed by atoms with Gasteiger partial charge >= 0.3 is 0 Å². The Morgan fingerprint density at radius 3 is 2.22 bits per heavy atom. The topological polar surface area (TPSA) is 49.6 Å². The molecule has 0 aliphatic carbocycles. The van der Waals surface area contributed by atoms with E-state index >= 15 is 0 Å². The molecule has 0 aliphatic rings. The zero-order chi connectivity index (χ0) is 13.3. The number of aromatic nitrogens is 2. The van der Waals surface area contributed by atoms with Crippen LogP contribution < -0.4 is 0 Å². The third kappa shape index (κ3) is 2.23. The van der Waals surface area contributed by atoms with E-state index in [2.05, 4.69) is 42.9 Å². The van der Waals surface area contributed by atoms with Crippen molar-refractivity contribution in [2.24, 2.45) is 0 Å². The van der Waals surface area contributed by atoms with Crippen LogP contribution in [0.4, 0.5) is 0 Å². The molecule has 0 spiro atoms. The van der Waals surface area contributed by atoms with Crippen molar-refractivity contribution in [2.75, 3.05) is 0 Å². The normalized spacial score (nSPS) is 10.2. The summed E-state index contributed by atoms with van der Waals surface area (Å²) < 4.78 is 0. The maximum absolute atomic E-state index is 8.93. The molecule has 0 fully saturated rings. The van der Waals surface area contributed by atoms with Crippen molar-refractivity contribution in [1.82, 2.24) is 9.97 Å². The number of aryl methyl sites for hydroxylation is 4. The number of hydrogen-bond acceptors (Lipinski definition) is 3. The van der Waals surface area contributed by atoms with Crippen molar-refractivity contribution < 1.29 is 0 Å². The zero-order valence-corrected chi connectivity index (χ0v) is 11.1. The molecule has 0 saturated carbocycles. The number of nitrogens with zero attached hydrogens (tertiary/aromatic N) is 3. The van der Waals surface area contributed by atoms with Crippen LogP contribution in [0.15, 0.2) is 18.2 Å². The van der Waals surface area contributed by atoms with E-state index in [-0.39, 0.29) is 5.82 Å². The maximum Gasteiger partial charge on any atom is 0.232 e. The largest absolute Gasteiger partial charge is 0.232 e. The Balaban J connectivity index is 2.66. The van der Waals surface area contributed by atoms with Gasteiger partial charge in [-0.2, -0.15) is 5.26 Å². The fourth-order valence-electron chi connectivity index (χ4n) is 1.99. The van der Waals surface area contributed by atoms with Gasteiger partial charge in [0.1, 0.15) is 6.07 Å². The first-order valence-electron chi connectivity index (χ1n) is 5.85. The molecule has 18 heavy (non-hydrogen) atoms. The molecular weight excluding hydrogens is 222 g/mol. The Hall–Kier alpha value is -2.21. The molecule has 3 heteroatoms. The Labute approximate surface area is 107 Å². The molecular formula is C15H15N3. The maximum atomic E-state index is 8.93. The van der Waals surface area contributed by atoms with Gasteiger partial charge in [-0.1, -0.05) is 6.07 Å². The first-order chi connectivity index (χ1) is 8.51. The summed E-state index contributed by atoms with van der Waals surface area (Å²) in [5.41, 5.74) is 6.36. The molecule has 1 heterocycles. The van der Waals surface area contributed by atoms with E-state index in [0.717, 1.165) is 17.0 Å². The van der Waals surface area contributed by atoms with Crippen LogP contribution in [0.1, 0.15) is 28.2 Å². The standard InChI is InChI=1S/C15H15N3/c1-9-5-11(3)13(6-10(9)2)14-7-12(4)17-15(8-16)18-14/h5-7H,1-4H3. The lowest BCUT2D eigenvalue weighted by Gasteiger charge is -2.10. The van der Waals surface area contributed by atoms with Gasteiger partial charge in [-0.15, -0.1) is 0 Å². The average Bonchev–Trinajstić information content (AvgIpc) is 2.33. The van der Waals surface area contributed by atoms with Gasteiger partial charge in [-0.3, -0.25) is 0 Å². The van der Waals surface area contributed by atoms with Crippen molar-refractivity contribution in [1.29, 1.82) is 5.26 Å². The van der Waals surface area contributed by atoms with E-state index in [1.807, 2.05) is 19.1 Å². The summed E-state index contributed by atoms with van der Waals surface area (Å²) in [4.78, 5) is 8.36. The Kier molecular flexibility index (Phi) is 3.12. The van der Waals surface area contributed by atoms with E-state index in [9.17, 15) is 0 Å². The van der Waals surface area contributed by atoms with Crippen molar-refractivity contribution in [3.05, 3.63) is 46.4 Å². The molecule has 1 aromatic heterocycles. The third-order valence-electron chi connectivity index (χ3n) is 3.07. The first kappa shape index (κ1) is 12.3. The lowest BCUT2D eigenvalue weighted by molar-refractivity contribution is 1.06. The summed E-state index contributed by atoms with van der Waals surface area (Å²) in [7, 11) is 0. The summed E-state index contributed by atoms with van der Waals surface area (Å²) in [6.07, 6.45) is 0. The van der Waals surface area contributed by atoms with Crippen LogP contribution in [0.5, 0.6) is 0 Å². The summed E-state index contributed by atoms with van der Waals surface area (Å²) in [6.45, 7) is 8.11. The molecule has 0 bridgehead atoms. The zero-order valence-electron chi connectivity index (χ0n) is 11.1. The molecule has 0 N–H and O–H groups in total. The molecule has 2 aromatic rings. The van der Waals surface area contributed by atoms with Gasteiger partial charge in [-0.25, -0.2) is 9.97 Å². The van der Waals surface area contributed by atoms with Gasteiger partial charge in [0.2, 0.25) is 5.82 Å². The molecule has 2 rings (SSSR count). The van der Waals surface area contributed by atoms with E-state index in [0.29, 0.717) is 0 Å². The summed E-state index contributed by atoms with van der Waals surface area (Å²) in [5, 5.41) is 8.93. The van der Waals surface area contributed by atoms with E-state index < -0.39 is 0 Å². The van der Waals surface area contributed by atoms with Crippen LogP contribution in [0.2, 0.25) is 0 Å². The molecule has 0 unspecified atom stereocenters. The molecule has 0 aliphatic heterocycles. The SMILES string of the molecule is Cc1cc(-c2cc(C)c(C)cc2C)nc(C#N)n1. The number of nitriles is 1. The van der Waals surface area contributed by atoms with Crippen LogP contribution >= 0.6 is 0 Å². The van der Waals surface area contributed by atoms with Crippen molar-refractivity contribution in [2.45, 2.75) is 27.7 Å². The predicted molar refractivity (Wildman–Crippen MR) is 71.1 cm³/mol. The number of rotatable bonds is 1. The lowest BCUT2D eigenvalue weighted by Crippen LogP contribution is -1.97. The van der Waals surface area contributed by atoms with Gasteiger partial charge in [0.15, 0.2) is 0 Å². The minimum atomic E-state index is 0.225. The smallest absolute Gasteiger partial charge is 0.224 e. The Bertz CT molecular complexity index is 652. The van der Waals surface area contributed by atoms with Crippen molar-refractivity contribution in [3.63, 3.8) is 0 Å². The van der Waals surface area contributed by atoms with Crippen LogP contribution in [0.3, 0.4) is 0 Å². The Morgan fingerprint density at radius 2 is 1.56 bits per heavy atom. The molecule has 0 amide bonds. The van der Waals surface area contributed by atoms with Gasteiger partial charge in [0.05, 0.1) is 5.69 Å². The molecule has 90 valence electrons. The van der Waals surface area contributed by atoms with E-state index in [1.54, 1.807) is 0 Å². The monoisotopic (exact) mass is 237 g/mol. The molecule has 3 nitrogen and oxygen atoms in total. The minimum Gasteiger partial charge on any atom is -0.224 e. The van der Waals surface area contributed by atoms with Crippen LogP contribution in [-0.2, 0) is 0 Å². The average molecular weight is 237 g/mol. The van der Waals surface area contributed by atoms with Crippen molar-refractivity contribution >= 4 is 0 Å². The summed E-state index contributed by atoms with van der Waals surface area (Å²) in [6, 6.07) is 8.18. The Morgan fingerprint density at radius 1 is 0.889 bits per heavy atom. The second-order valence-electron chi connectivity index (χ2n) is 4.58. The molecule has 0 saturated heterocycles. The highest BCUT2D eigenvalue weighted by Crippen LogP contribution is 2.25.